The quantitative estimate of drug-likeness (QED) is 0.772. The second-order valence-electron chi connectivity index (χ2n) is 4.92. The summed E-state index contributed by atoms with van der Waals surface area (Å²) in [7, 11) is 1.56. The van der Waals surface area contributed by atoms with Gasteiger partial charge in [-0.3, -0.25) is 4.79 Å². The molecular formula is C17H16ClFO2. The van der Waals surface area contributed by atoms with Gasteiger partial charge in [0.1, 0.15) is 11.6 Å². The van der Waals surface area contributed by atoms with Crippen LogP contribution in [-0.2, 0) is 6.42 Å². The Morgan fingerprint density at radius 2 is 2.00 bits per heavy atom. The van der Waals surface area contributed by atoms with Gasteiger partial charge in [-0.15, -0.1) is 0 Å². The highest BCUT2D eigenvalue weighted by atomic mass is 35.5. The highest BCUT2D eigenvalue weighted by Crippen LogP contribution is 2.28. The Kier molecular flexibility index (Phi) is 4.63. The normalized spacial score (nSPS) is 10.5. The van der Waals surface area contributed by atoms with Crippen molar-refractivity contribution in [2.45, 2.75) is 20.3 Å². The van der Waals surface area contributed by atoms with Crippen LogP contribution in [0.1, 0.15) is 34.0 Å². The molecule has 0 amide bonds. The Balaban J connectivity index is 2.50. The molecule has 21 heavy (non-hydrogen) atoms. The minimum atomic E-state index is -0.439. The molecule has 0 aliphatic heterocycles. The van der Waals surface area contributed by atoms with Crippen molar-refractivity contribution in [2.75, 3.05) is 7.11 Å². The van der Waals surface area contributed by atoms with Crippen molar-refractivity contribution in [3.05, 3.63) is 63.4 Å². The molecule has 0 fully saturated rings. The van der Waals surface area contributed by atoms with Crippen molar-refractivity contribution in [1.82, 2.24) is 0 Å². The number of hydrogen-bond donors (Lipinski definition) is 0. The fraction of sp³-hybridized carbons (Fsp3) is 0.235. The van der Waals surface area contributed by atoms with Crippen molar-refractivity contribution in [1.29, 1.82) is 0 Å². The largest absolute Gasteiger partial charge is 0.496 e. The molecule has 0 aromatic heterocycles. The molecule has 110 valence electrons. The fourth-order valence-corrected chi connectivity index (χ4v) is 2.52. The first-order valence-electron chi connectivity index (χ1n) is 6.55. The number of hydrogen-bond acceptors (Lipinski definition) is 2. The third kappa shape index (κ3) is 3.24. The molecule has 2 nitrogen and oxygen atoms in total. The Labute approximate surface area is 128 Å². The molecular weight excluding hydrogens is 291 g/mol. The average molecular weight is 307 g/mol. The predicted octanol–water partition coefficient (Wildman–Crippen LogP) is 4.59. The maximum absolute atomic E-state index is 14.0. The maximum Gasteiger partial charge on any atom is 0.160 e. The number of aryl methyl sites for hydroxylation is 1. The molecule has 0 N–H and O–H groups in total. The van der Waals surface area contributed by atoms with Crippen LogP contribution >= 0.6 is 11.6 Å². The van der Waals surface area contributed by atoms with Crippen LogP contribution in [0.2, 0.25) is 5.02 Å². The van der Waals surface area contributed by atoms with Crippen molar-refractivity contribution < 1.29 is 13.9 Å². The zero-order valence-corrected chi connectivity index (χ0v) is 12.9. The summed E-state index contributed by atoms with van der Waals surface area (Å²) in [4.78, 5) is 11.7. The number of halogens is 2. The van der Waals surface area contributed by atoms with E-state index in [1.54, 1.807) is 31.4 Å². The number of Topliss-reactive ketones (excluding diaryl/α,β-unsaturated/α-hetero) is 1. The minimum Gasteiger partial charge on any atom is -0.496 e. The fourth-order valence-electron chi connectivity index (χ4n) is 2.32. The van der Waals surface area contributed by atoms with E-state index in [-0.39, 0.29) is 10.8 Å². The van der Waals surface area contributed by atoms with Crippen LogP contribution in [0.3, 0.4) is 0 Å². The number of ketones is 1. The Morgan fingerprint density at radius 3 is 2.62 bits per heavy atom. The molecule has 0 saturated carbocycles. The van der Waals surface area contributed by atoms with E-state index >= 15 is 0 Å². The summed E-state index contributed by atoms with van der Waals surface area (Å²) < 4.78 is 19.4. The van der Waals surface area contributed by atoms with E-state index in [0.29, 0.717) is 23.3 Å². The zero-order valence-electron chi connectivity index (χ0n) is 12.2. The third-order valence-electron chi connectivity index (χ3n) is 3.42. The molecule has 0 aliphatic rings. The Hall–Kier alpha value is -1.87. The van der Waals surface area contributed by atoms with Gasteiger partial charge >= 0.3 is 0 Å². The lowest BCUT2D eigenvalue weighted by molar-refractivity contribution is 0.101. The van der Waals surface area contributed by atoms with Crippen LogP contribution in [0.4, 0.5) is 4.39 Å². The van der Waals surface area contributed by atoms with Crippen LogP contribution in [0.5, 0.6) is 5.75 Å². The van der Waals surface area contributed by atoms with Gasteiger partial charge in [0.2, 0.25) is 0 Å². The third-order valence-corrected chi connectivity index (χ3v) is 3.71. The molecule has 2 aromatic rings. The van der Waals surface area contributed by atoms with Gasteiger partial charge in [-0.05, 0) is 48.7 Å². The molecule has 2 aromatic carbocycles. The summed E-state index contributed by atoms with van der Waals surface area (Å²) in [5.41, 5.74) is 2.69. The first-order valence-corrected chi connectivity index (χ1v) is 6.93. The van der Waals surface area contributed by atoms with Crippen LogP contribution in [0, 0.1) is 12.7 Å². The standard InChI is InChI=1S/C17H16ClFO2/c1-10-7-16(21-3)13(9-14(10)11(2)20)8-12-5-4-6-15(18)17(12)19/h4-7,9H,8H2,1-3H3. The molecule has 0 heterocycles. The monoisotopic (exact) mass is 306 g/mol. The molecule has 0 spiro atoms. The highest BCUT2D eigenvalue weighted by molar-refractivity contribution is 6.30. The van der Waals surface area contributed by atoms with Gasteiger partial charge in [0, 0.05) is 12.0 Å². The summed E-state index contributed by atoms with van der Waals surface area (Å²) in [5.74, 6) is 0.172. The summed E-state index contributed by atoms with van der Waals surface area (Å²) >= 11 is 5.80. The first-order chi connectivity index (χ1) is 9.93. The van der Waals surface area contributed by atoms with Crippen LogP contribution in [0.15, 0.2) is 30.3 Å². The van der Waals surface area contributed by atoms with E-state index in [1.807, 2.05) is 6.92 Å². The maximum atomic E-state index is 14.0. The number of rotatable bonds is 4. The van der Waals surface area contributed by atoms with Crippen LogP contribution in [0.25, 0.3) is 0 Å². The SMILES string of the molecule is COc1cc(C)c(C(C)=O)cc1Cc1cccc(Cl)c1F. The molecule has 4 heteroatoms. The first kappa shape index (κ1) is 15.5. The Morgan fingerprint density at radius 1 is 1.29 bits per heavy atom. The number of carbonyl (C=O) groups is 1. The van der Waals surface area contributed by atoms with Gasteiger partial charge in [-0.1, -0.05) is 23.7 Å². The number of ether oxygens (including phenoxy) is 1. The van der Waals surface area contributed by atoms with E-state index in [0.717, 1.165) is 11.1 Å². The average Bonchev–Trinajstić information content (AvgIpc) is 2.44. The van der Waals surface area contributed by atoms with E-state index in [9.17, 15) is 9.18 Å². The number of carbonyl (C=O) groups excluding carboxylic acids is 1. The minimum absolute atomic E-state index is 0.0250. The van der Waals surface area contributed by atoms with Gasteiger partial charge in [0.05, 0.1) is 12.1 Å². The number of methoxy groups -OCH3 is 1. The molecule has 0 atom stereocenters. The second kappa shape index (κ2) is 6.27. The van der Waals surface area contributed by atoms with Crippen molar-refractivity contribution >= 4 is 17.4 Å². The lowest BCUT2D eigenvalue weighted by Crippen LogP contribution is -2.03. The molecule has 0 bridgehead atoms. The molecule has 2 rings (SSSR count). The van der Waals surface area contributed by atoms with E-state index < -0.39 is 5.82 Å². The lowest BCUT2D eigenvalue weighted by atomic mass is 9.96. The topological polar surface area (TPSA) is 26.3 Å². The van der Waals surface area contributed by atoms with Crippen LogP contribution in [-0.4, -0.2) is 12.9 Å². The Bertz CT molecular complexity index is 695. The number of benzene rings is 2. The van der Waals surface area contributed by atoms with Gasteiger partial charge in [0.15, 0.2) is 5.78 Å². The lowest BCUT2D eigenvalue weighted by Gasteiger charge is -2.13. The molecule has 0 unspecified atom stereocenters. The van der Waals surface area contributed by atoms with E-state index in [1.165, 1.54) is 13.0 Å². The van der Waals surface area contributed by atoms with Gasteiger partial charge in [-0.2, -0.15) is 0 Å². The van der Waals surface area contributed by atoms with Crippen molar-refractivity contribution in [3.8, 4) is 5.75 Å². The smallest absolute Gasteiger partial charge is 0.160 e. The van der Waals surface area contributed by atoms with Crippen LogP contribution < -0.4 is 4.74 Å². The summed E-state index contributed by atoms with van der Waals surface area (Å²) in [5, 5.41) is 0.0883. The van der Waals surface area contributed by atoms with Gasteiger partial charge in [-0.25, -0.2) is 4.39 Å². The highest BCUT2D eigenvalue weighted by Gasteiger charge is 2.14. The second-order valence-corrected chi connectivity index (χ2v) is 5.33. The summed E-state index contributed by atoms with van der Waals surface area (Å²) in [6, 6.07) is 8.44. The molecule has 0 saturated heterocycles. The summed E-state index contributed by atoms with van der Waals surface area (Å²) in [6.07, 6.45) is 0.316. The van der Waals surface area contributed by atoms with Gasteiger partial charge in [0.25, 0.3) is 0 Å². The van der Waals surface area contributed by atoms with Crippen molar-refractivity contribution in [2.24, 2.45) is 0 Å². The van der Waals surface area contributed by atoms with E-state index in [2.05, 4.69) is 0 Å². The molecule has 0 radical (unpaired) electrons. The molecule has 0 aliphatic carbocycles. The van der Waals surface area contributed by atoms with Gasteiger partial charge < -0.3 is 4.74 Å². The van der Waals surface area contributed by atoms with E-state index in [4.69, 9.17) is 16.3 Å². The predicted molar refractivity (Wildman–Crippen MR) is 82.0 cm³/mol. The van der Waals surface area contributed by atoms with Crippen molar-refractivity contribution in [3.63, 3.8) is 0 Å². The zero-order chi connectivity index (χ0) is 15.6. The summed E-state index contributed by atoms with van der Waals surface area (Å²) in [6.45, 7) is 3.36.